The smallest absolute Gasteiger partial charge is 0.232 e. The van der Waals surface area contributed by atoms with Crippen molar-refractivity contribution in [2.45, 2.75) is 13.5 Å². The molecular weight excluding hydrogens is 350 g/mol. The summed E-state index contributed by atoms with van der Waals surface area (Å²) in [5, 5.41) is 3.25. The Kier molecular flexibility index (Phi) is 5.34. The molecule has 0 saturated carbocycles. The van der Waals surface area contributed by atoms with Crippen LogP contribution in [0.15, 0.2) is 54.6 Å². The Labute approximate surface area is 165 Å². The highest BCUT2D eigenvalue weighted by Gasteiger charge is 2.18. The molecular formula is C21H25N7. The Bertz CT molecular complexity index is 921. The maximum atomic E-state index is 5.93. The van der Waals surface area contributed by atoms with Crippen LogP contribution in [0.4, 0.5) is 23.3 Å². The van der Waals surface area contributed by atoms with E-state index in [4.69, 9.17) is 5.73 Å². The molecule has 0 spiro atoms. The second-order valence-electron chi connectivity index (χ2n) is 6.97. The first kappa shape index (κ1) is 18.2. The first-order valence-corrected chi connectivity index (χ1v) is 9.53. The van der Waals surface area contributed by atoms with Crippen LogP contribution in [-0.2, 0) is 6.54 Å². The summed E-state index contributed by atoms with van der Waals surface area (Å²) in [5.74, 6) is 1.42. The summed E-state index contributed by atoms with van der Waals surface area (Å²) in [6.07, 6.45) is 0. The number of benzene rings is 2. The summed E-state index contributed by atoms with van der Waals surface area (Å²) in [6.45, 7) is 6.59. The number of hydrogen-bond acceptors (Lipinski definition) is 7. The monoisotopic (exact) mass is 375 g/mol. The van der Waals surface area contributed by atoms with Gasteiger partial charge in [-0.1, -0.05) is 36.4 Å². The van der Waals surface area contributed by atoms with Crippen LogP contribution < -0.4 is 16.0 Å². The fourth-order valence-electron chi connectivity index (χ4n) is 3.40. The van der Waals surface area contributed by atoms with E-state index in [-0.39, 0.29) is 5.95 Å². The average Bonchev–Trinajstić information content (AvgIpc) is 2.71. The molecule has 0 bridgehead atoms. The maximum Gasteiger partial charge on any atom is 0.232 e. The molecule has 28 heavy (non-hydrogen) atoms. The third kappa shape index (κ3) is 4.37. The highest BCUT2D eigenvalue weighted by Crippen LogP contribution is 2.19. The molecule has 1 fully saturated rings. The van der Waals surface area contributed by atoms with Crippen LogP contribution in [0.25, 0.3) is 0 Å². The molecule has 1 saturated heterocycles. The van der Waals surface area contributed by atoms with Gasteiger partial charge in [0.15, 0.2) is 0 Å². The van der Waals surface area contributed by atoms with Gasteiger partial charge in [0, 0.05) is 37.6 Å². The number of nitrogen functional groups attached to an aromatic ring is 1. The normalized spacial score (nSPS) is 14.8. The van der Waals surface area contributed by atoms with Gasteiger partial charge < -0.3 is 16.0 Å². The second kappa shape index (κ2) is 8.22. The van der Waals surface area contributed by atoms with Crippen LogP contribution >= 0.6 is 0 Å². The number of aryl methyl sites for hydroxylation is 1. The molecule has 7 nitrogen and oxygen atoms in total. The summed E-state index contributed by atoms with van der Waals surface area (Å²) in [6, 6.07) is 18.6. The fraction of sp³-hybridized carbons (Fsp3) is 0.286. The fourth-order valence-corrected chi connectivity index (χ4v) is 3.40. The Balaban J connectivity index is 1.40. The Morgan fingerprint density at radius 1 is 0.893 bits per heavy atom. The molecule has 4 rings (SSSR count). The van der Waals surface area contributed by atoms with Crippen molar-refractivity contribution in [2.24, 2.45) is 0 Å². The van der Waals surface area contributed by atoms with Crippen LogP contribution in [0.5, 0.6) is 0 Å². The third-order valence-electron chi connectivity index (χ3n) is 4.95. The summed E-state index contributed by atoms with van der Waals surface area (Å²) >= 11 is 0. The van der Waals surface area contributed by atoms with Crippen molar-refractivity contribution < 1.29 is 0 Å². The second-order valence-corrected chi connectivity index (χ2v) is 6.97. The molecule has 1 aliphatic heterocycles. The summed E-state index contributed by atoms with van der Waals surface area (Å²) in [7, 11) is 0. The van der Waals surface area contributed by atoms with Gasteiger partial charge in [0.1, 0.15) is 5.82 Å². The van der Waals surface area contributed by atoms with E-state index in [1.807, 2.05) is 37.3 Å². The van der Waals surface area contributed by atoms with Gasteiger partial charge in [0.05, 0.1) is 6.54 Å². The van der Waals surface area contributed by atoms with E-state index in [0.717, 1.165) is 37.4 Å². The number of piperazine rings is 1. The molecule has 7 heteroatoms. The van der Waals surface area contributed by atoms with Crippen LogP contribution in [0.1, 0.15) is 11.4 Å². The molecule has 2 aromatic carbocycles. The zero-order valence-corrected chi connectivity index (χ0v) is 16.0. The number of nitrogens with one attached hydrogen (secondary N) is 1. The standard InChI is InChI=1S/C21H25N7/c1-16-7-5-6-10-18(16)23-21-25-19(24-20(22)26-21)15-27-11-13-28(14-12-27)17-8-3-2-4-9-17/h2-10H,11-15H2,1H3,(H3,22,23,24,25,26). The van der Waals surface area contributed by atoms with E-state index in [0.29, 0.717) is 18.3 Å². The lowest BCUT2D eigenvalue weighted by Crippen LogP contribution is -2.46. The molecule has 0 radical (unpaired) electrons. The van der Waals surface area contributed by atoms with Crippen LogP contribution in [-0.4, -0.2) is 46.0 Å². The summed E-state index contributed by atoms with van der Waals surface area (Å²) in [5.41, 5.74) is 9.29. The van der Waals surface area contributed by atoms with E-state index in [1.54, 1.807) is 0 Å². The molecule has 3 aromatic rings. The largest absolute Gasteiger partial charge is 0.369 e. The quantitative estimate of drug-likeness (QED) is 0.709. The van der Waals surface area contributed by atoms with Crippen molar-refractivity contribution in [2.75, 3.05) is 42.1 Å². The zero-order chi connectivity index (χ0) is 19.3. The average molecular weight is 375 g/mol. The van der Waals surface area contributed by atoms with Gasteiger partial charge in [-0.05, 0) is 30.7 Å². The minimum absolute atomic E-state index is 0.240. The molecule has 0 aliphatic carbocycles. The van der Waals surface area contributed by atoms with Crippen molar-refractivity contribution in [3.8, 4) is 0 Å². The Morgan fingerprint density at radius 3 is 2.36 bits per heavy atom. The summed E-state index contributed by atoms with van der Waals surface area (Å²) in [4.78, 5) is 17.9. The predicted molar refractivity (Wildman–Crippen MR) is 113 cm³/mol. The lowest BCUT2D eigenvalue weighted by atomic mass is 10.2. The highest BCUT2D eigenvalue weighted by atomic mass is 15.3. The first-order valence-electron chi connectivity index (χ1n) is 9.53. The molecule has 0 atom stereocenters. The molecule has 1 aliphatic rings. The van der Waals surface area contributed by atoms with Gasteiger partial charge >= 0.3 is 0 Å². The molecule has 0 amide bonds. The molecule has 0 unspecified atom stereocenters. The van der Waals surface area contributed by atoms with Crippen molar-refractivity contribution in [3.05, 3.63) is 66.0 Å². The summed E-state index contributed by atoms with van der Waals surface area (Å²) < 4.78 is 0. The highest BCUT2D eigenvalue weighted by molar-refractivity contribution is 5.58. The number of para-hydroxylation sites is 2. The predicted octanol–water partition coefficient (Wildman–Crippen LogP) is 2.83. The number of anilines is 4. The van der Waals surface area contributed by atoms with E-state index in [9.17, 15) is 0 Å². The zero-order valence-electron chi connectivity index (χ0n) is 16.0. The van der Waals surface area contributed by atoms with Crippen LogP contribution in [0, 0.1) is 6.92 Å². The Hall–Kier alpha value is -3.19. The third-order valence-corrected chi connectivity index (χ3v) is 4.95. The van der Waals surface area contributed by atoms with Crippen LogP contribution in [0.2, 0.25) is 0 Å². The number of aromatic nitrogens is 3. The van der Waals surface area contributed by atoms with Crippen LogP contribution in [0.3, 0.4) is 0 Å². The number of hydrogen-bond donors (Lipinski definition) is 2. The number of rotatable bonds is 5. The van der Waals surface area contributed by atoms with Gasteiger partial charge in [-0.2, -0.15) is 15.0 Å². The van der Waals surface area contributed by atoms with E-state index < -0.39 is 0 Å². The molecule has 1 aromatic heterocycles. The van der Waals surface area contributed by atoms with Crippen molar-refractivity contribution >= 4 is 23.3 Å². The van der Waals surface area contributed by atoms with Gasteiger partial charge in [-0.25, -0.2) is 0 Å². The molecule has 2 heterocycles. The minimum atomic E-state index is 0.240. The number of nitrogens with two attached hydrogens (primary N) is 1. The van der Waals surface area contributed by atoms with E-state index >= 15 is 0 Å². The van der Waals surface area contributed by atoms with Gasteiger partial charge in [0.2, 0.25) is 11.9 Å². The lowest BCUT2D eigenvalue weighted by Gasteiger charge is -2.35. The van der Waals surface area contributed by atoms with Gasteiger partial charge in [0.25, 0.3) is 0 Å². The Morgan fingerprint density at radius 2 is 1.61 bits per heavy atom. The SMILES string of the molecule is Cc1ccccc1Nc1nc(N)nc(CN2CCN(c3ccccc3)CC2)n1. The topological polar surface area (TPSA) is 83.2 Å². The van der Waals surface area contributed by atoms with Crippen molar-refractivity contribution in [1.82, 2.24) is 19.9 Å². The minimum Gasteiger partial charge on any atom is -0.369 e. The molecule has 3 N–H and O–H groups in total. The van der Waals surface area contributed by atoms with Crippen molar-refractivity contribution in [3.63, 3.8) is 0 Å². The van der Waals surface area contributed by atoms with Crippen molar-refractivity contribution in [1.29, 1.82) is 0 Å². The van der Waals surface area contributed by atoms with E-state index in [1.165, 1.54) is 5.69 Å². The van der Waals surface area contributed by atoms with E-state index in [2.05, 4.69) is 54.3 Å². The van der Waals surface area contributed by atoms with Gasteiger partial charge in [-0.15, -0.1) is 0 Å². The maximum absolute atomic E-state index is 5.93. The molecule has 144 valence electrons. The first-order chi connectivity index (χ1) is 13.7. The lowest BCUT2D eigenvalue weighted by molar-refractivity contribution is 0.244. The van der Waals surface area contributed by atoms with Gasteiger partial charge in [-0.3, -0.25) is 4.90 Å². The number of nitrogens with zero attached hydrogens (tertiary/aromatic N) is 5.